The molecular weight excluding hydrogens is 333 g/mol. The Hall–Kier alpha value is -1.02. The van der Waals surface area contributed by atoms with Crippen LogP contribution in [0.2, 0.25) is 0 Å². The van der Waals surface area contributed by atoms with Crippen LogP contribution in [0.1, 0.15) is 52.9 Å². The summed E-state index contributed by atoms with van der Waals surface area (Å²) in [6, 6.07) is 0. The third-order valence-electron chi connectivity index (χ3n) is 3.76. The first-order chi connectivity index (χ1) is 11.7. The number of rotatable bonds is 12. The molecule has 0 spiro atoms. The molecule has 0 aliphatic heterocycles. The second-order valence-electron chi connectivity index (χ2n) is 6.55. The van der Waals surface area contributed by atoms with Gasteiger partial charge >= 0.3 is 6.18 Å². The maximum absolute atomic E-state index is 12.3. The maximum atomic E-state index is 12.3. The fraction of sp³-hybridized carbons (Fsp3) is 0.941. The Labute approximate surface area is 150 Å². The Bertz CT molecular complexity index is 369. The van der Waals surface area contributed by atoms with E-state index in [0.717, 1.165) is 12.8 Å². The lowest BCUT2D eigenvalue weighted by Gasteiger charge is -2.26. The van der Waals surface area contributed by atoms with E-state index in [-0.39, 0.29) is 0 Å². The van der Waals surface area contributed by atoms with Crippen LogP contribution in [0.15, 0.2) is 4.99 Å². The molecular formula is C17H35F3N4O. The van der Waals surface area contributed by atoms with Crippen molar-refractivity contribution < 1.29 is 18.3 Å². The minimum absolute atomic E-state index is 0.317. The number of aliphatic hydroxyl groups is 1. The van der Waals surface area contributed by atoms with Gasteiger partial charge in [0.1, 0.15) is 0 Å². The van der Waals surface area contributed by atoms with Crippen LogP contribution >= 0.6 is 0 Å². The summed E-state index contributed by atoms with van der Waals surface area (Å²) in [6.45, 7) is 6.98. The van der Waals surface area contributed by atoms with Crippen molar-refractivity contribution >= 4 is 5.96 Å². The number of alkyl halides is 3. The zero-order valence-corrected chi connectivity index (χ0v) is 16.0. The molecule has 0 unspecified atom stereocenters. The van der Waals surface area contributed by atoms with Crippen LogP contribution in [0.3, 0.4) is 0 Å². The van der Waals surface area contributed by atoms with Gasteiger partial charge in [-0.25, -0.2) is 0 Å². The summed E-state index contributed by atoms with van der Waals surface area (Å²) in [4.78, 5) is 5.71. The molecule has 0 aromatic heterocycles. The molecule has 0 atom stereocenters. The molecule has 0 saturated carbocycles. The third kappa shape index (κ3) is 12.9. The van der Waals surface area contributed by atoms with E-state index in [0.29, 0.717) is 51.4 Å². The molecule has 0 aromatic rings. The zero-order chi connectivity index (χ0) is 19.3. The van der Waals surface area contributed by atoms with E-state index >= 15 is 0 Å². The van der Waals surface area contributed by atoms with Crippen LogP contribution < -0.4 is 10.6 Å². The highest BCUT2D eigenvalue weighted by Crippen LogP contribution is 2.19. The zero-order valence-electron chi connectivity index (χ0n) is 16.0. The lowest BCUT2D eigenvalue weighted by Crippen LogP contribution is -2.41. The van der Waals surface area contributed by atoms with Gasteiger partial charge in [0.15, 0.2) is 5.96 Å². The second-order valence-corrected chi connectivity index (χ2v) is 6.55. The van der Waals surface area contributed by atoms with Gasteiger partial charge in [0, 0.05) is 13.1 Å². The van der Waals surface area contributed by atoms with Crippen molar-refractivity contribution in [3.63, 3.8) is 0 Å². The molecule has 0 rings (SSSR count). The lowest BCUT2D eigenvalue weighted by molar-refractivity contribution is -0.143. The van der Waals surface area contributed by atoms with E-state index in [1.54, 1.807) is 0 Å². The highest BCUT2D eigenvalue weighted by atomic mass is 19.4. The molecule has 0 radical (unpaired) electrons. The monoisotopic (exact) mass is 368 g/mol. The molecule has 0 aliphatic carbocycles. The van der Waals surface area contributed by atoms with Gasteiger partial charge < -0.3 is 15.7 Å². The Morgan fingerprint density at radius 2 is 1.68 bits per heavy atom. The highest BCUT2D eigenvalue weighted by Gasteiger charge is 2.28. The van der Waals surface area contributed by atoms with Crippen LogP contribution in [-0.2, 0) is 0 Å². The summed E-state index contributed by atoms with van der Waals surface area (Å²) in [5.74, 6) is 0.589. The number of hydrogen-bond donors (Lipinski definition) is 3. The van der Waals surface area contributed by atoms with E-state index in [9.17, 15) is 18.3 Å². The van der Waals surface area contributed by atoms with Crippen molar-refractivity contribution in [3.8, 4) is 0 Å². The number of hydrogen-bond acceptors (Lipinski definition) is 3. The van der Waals surface area contributed by atoms with Crippen LogP contribution in [0.5, 0.6) is 0 Å². The Kier molecular flexibility index (Phi) is 11.8. The molecule has 0 bridgehead atoms. The van der Waals surface area contributed by atoms with Gasteiger partial charge in [0.25, 0.3) is 0 Å². The largest absolute Gasteiger partial charge is 0.401 e. The minimum Gasteiger partial charge on any atom is -0.388 e. The van der Waals surface area contributed by atoms with Crippen molar-refractivity contribution in [1.82, 2.24) is 15.5 Å². The highest BCUT2D eigenvalue weighted by molar-refractivity contribution is 5.79. The summed E-state index contributed by atoms with van der Waals surface area (Å²) in [7, 11) is 1.46. The molecule has 5 nitrogen and oxygen atoms in total. The van der Waals surface area contributed by atoms with E-state index in [2.05, 4.69) is 15.6 Å². The van der Waals surface area contributed by atoms with Crippen LogP contribution in [0.4, 0.5) is 13.2 Å². The van der Waals surface area contributed by atoms with E-state index < -0.39 is 18.3 Å². The summed E-state index contributed by atoms with van der Waals surface area (Å²) in [5, 5.41) is 16.8. The number of nitrogens with one attached hydrogen (secondary N) is 2. The van der Waals surface area contributed by atoms with E-state index in [1.165, 1.54) is 11.9 Å². The van der Waals surface area contributed by atoms with Crippen LogP contribution in [0.25, 0.3) is 0 Å². The SMILES string of the molecule is CCCC(O)(CCC)CN=C(NCC)NCCCN(C)CC(F)(F)F. The van der Waals surface area contributed by atoms with Crippen LogP contribution in [0, 0.1) is 0 Å². The van der Waals surface area contributed by atoms with Gasteiger partial charge in [-0.05, 0) is 39.8 Å². The first kappa shape index (κ1) is 24.0. The van der Waals surface area contributed by atoms with Gasteiger partial charge in [0.05, 0.1) is 18.7 Å². The van der Waals surface area contributed by atoms with Crippen molar-refractivity contribution in [2.45, 2.75) is 64.7 Å². The summed E-state index contributed by atoms with van der Waals surface area (Å²) in [5.41, 5.74) is -0.793. The predicted octanol–water partition coefficient (Wildman–Crippen LogP) is 2.76. The van der Waals surface area contributed by atoms with E-state index in [1.807, 2.05) is 20.8 Å². The van der Waals surface area contributed by atoms with E-state index in [4.69, 9.17) is 0 Å². The number of aliphatic imine (C=N–C) groups is 1. The average molecular weight is 368 g/mol. The fourth-order valence-electron chi connectivity index (χ4n) is 2.72. The molecule has 0 saturated heterocycles. The van der Waals surface area contributed by atoms with Gasteiger partial charge in [-0.15, -0.1) is 0 Å². The predicted molar refractivity (Wildman–Crippen MR) is 96.9 cm³/mol. The quantitative estimate of drug-likeness (QED) is 0.282. The summed E-state index contributed by atoms with van der Waals surface area (Å²) in [6.07, 6.45) is -0.409. The van der Waals surface area contributed by atoms with Crippen LogP contribution in [-0.4, -0.2) is 67.5 Å². The molecule has 3 N–H and O–H groups in total. The Morgan fingerprint density at radius 3 is 2.16 bits per heavy atom. The smallest absolute Gasteiger partial charge is 0.388 e. The first-order valence-corrected chi connectivity index (χ1v) is 9.15. The number of nitrogens with zero attached hydrogens (tertiary/aromatic N) is 2. The molecule has 0 amide bonds. The third-order valence-corrected chi connectivity index (χ3v) is 3.76. The normalized spacial score (nSPS) is 13.4. The van der Waals surface area contributed by atoms with Gasteiger partial charge in [0.2, 0.25) is 0 Å². The van der Waals surface area contributed by atoms with Gasteiger partial charge in [-0.2, -0.15) is 13.2 Å². The minimum atomic E-state index is -4.17. The topological polar surface area (TPSA) is 59.9 Å². The molecule has 0 heterocycles. The van der Waals surface area contributed by atoms with Gasteiger partial charge in [-0.1, -0.05) is 26.7 Å². The molecule has 0 fully saturated rings. The van der Waals surface area contributed by atoms with Crippen molar-refractivity contribution in [2.24, 2.45) is 4.99 Å². The first-order valence-electron chi connectivity index (χ1n) is 9.15. The number of guanidine groups is 1. The fourth-order valence-corrected chi connectivity index (χ4v) is 2.72. The Balaban J connectivity index is 4.40. The molecule has 25 heavy (non-hydrogen) atoms. The van der Waals surface area contributed by atoms with Gasteiger partial charge in [-0.3, -0.25) is 9.89 Å². The summed E-state index contributed by atoms with van der Waals surface area (Å²) >= 11 is 0. The van der Waals surface area contributed by atoms with Crippen molar-refractivity contribution in [3.05, 3.63) is 0 Å². The van der Waals surface area contributed by atoms with Crippen molar-refractivity contribution in [1.29, 1.82) is 0 Å². The molecule has 8 heteroatoms. The summed E-state index contributed by atoms with van der Waals surface area (Å²) < 4.78 is 36.8. The molecule has 0 aliphatic rings. The maximum Gasteiger partial charge on any atom is 0.401 e. The standard InChI is InChI=1S/C17H35F3N4O/c1-5-9-16(25,10-6-2)13-23-15(21-7-3)22-11-8-12-24(4)14-17(18,19)20/h25H,5-14H2,1-4H3,(H2,21,22,23). The number of halogens is 3. The van der Waals surface area contributed by atoms with Crippen molar-refractivity contribution in [2.75, 3.05) is 39.8 Å². The lowest BCUT2D eigenvalue weighted by atomic mass is 9.93. The average Bonchev–Trinajstić information content (AvgIpc) is 2.48. The molecule has 0 aromatic carbocycles. The second kappa shape index (κ2) is 12.4. The Morgan fingerprint density at radius 1 is 1.08 bits per heavy atom. The molecule has 150 valence electrons.